The lowest BCUT2D eigenvalue weighted by Gasteiger charge is -2.34. The number of urea groups is 1. The van der Waals surface area contributed by atoms with Crippen molar-refractivity contribution >= 4 is 23.3 Å². The van der Waals surface area contributed by atoms with Crippen molar-refractivity contribution in [3.63, 3.8) is 0 Å². The van der Waals surface area contributed by atoms with Crippen LogP contribution in [0, 0.1) is 5.92 Å². The molecule has 2 aliphatic heterocycles. The molecule has 2 saturated heterocycles. The van der Waals surface area contributed by atoms with Crippen molar-refractivity contribution in [2.75, 3.05) is 75.6 Å². The molecule has 3 amide bonds. The van der Waals surface area contributed by atoms with Crippen LogP contribution in [0.25, 0.3) is 0 Å². The van der Waals surface area contributed by atoms with Crippen molar-refractivity contribution in [1.29, 1.82) is 0 Å². The summed E-state index contributed by atoms with van der Waals surface area (Å²) >= 11 is 0. The number of amides is 3. The second-order valence-corrected chi connectivity index (χ2v) is 7.79. The average Bonchev–Trinajstić information content (AvgIpc) is 2.79. The zero-order chi connectivity index (χ0) is 21.9. The number of benzene rings is 1. The van der Waals surface area contributed by atoms with E-state index in [4.69, 9.17) is 19.9 Å². The second kappa shape index (κ2) is 12.6. The molecule has 0 atom stereocenters. The highest BCUT2D eigenvalue weighted by Crippen LogP contribution is 2.26. The van der Waals surface area contributed by atoms with Gasteiger partial charge in [-0.15, -0.1) is 0 Å². The van der Waals surface area contributed by atoms with Gasteiger partial charge in [0.25, 0.3) is 0 Å². The van der Waals surface area contributed by atoms with E-state index in [1.54, 1.807) is 4.90 Å². The van der Waals surface area contributed by atoms with E-state index in [2.05, 4.69) is 10.2 Å². The summed E-state index contributed by atoms with van der Waals surface area (Å²) in [4.78, 5) is 27.3. The fourth-order valence-electron chi connectivity index (χ4n) is 3.78. The monoisotopic (exact) mass is 434 g/mol. The maximum atomic E-state index is 12.0. The number of imide groups is 1. The molecule has 0 aromatic heterocycles. The Hall–Kier alpha value is -2.20. The average molecular weight is 435 g/mol. The lowest BCUT2D eigenvalue weighted by molar-refractivity contribution is -0.120. The van der Waals surface area contributed by atoms with Gasteiger partial charge in [-0.3, -0.25) is 15.0 Å². The predicted molar refractivity (Wildman–Crippen MR) is 118 cm³/mol. The number of hydrogen-bond donors (Lipinski definition) is 2. The fourth-order valence-corrected chi connectivity index (χ4v) is 3.78. The van der Waals surface area contributed by atoms with Crippen LogP contribution in [0.4, 0.5) is 16.2 Å². The van der Waals surface area contributed by atoms with Crippen molar-refractivity contribution in [3.8, 4) is 0 Å². The van der Waals surface area contributed by atoms with Gasteiger partial charge < -0.3 is 24.8 Å². The Bertz CT molecular complexity index is 692. The van der Waals surface area contributed by atoms with Crippen LogP contribution >= 0.6 is 0 Å². The third-order valence-electron chi connectivity index (χ3n) is 5.55. The Morgan fingerprint density at radius 2 is 1.48 bits per heavy atom. The van der Waals surface area contributed by atoms with Gasteiger partial charge in [0, 0.05) is 50.6 Å². The van der Waals surface area contributed by atoms with Crippen LogP contribution in [0.2, 0.25) is 0 Å². The molecule has 31 heavy (non-hydrogen) atoms. The summed E-state index contributed by atoms with van der Waals surface area (Å²) in [6.45, 7) is 6.60. The smallest absolute Gasteiger partial charge is 0.328 e. The second-order valence-electron chi connectivity index (χ2n) is 7.79. The SMILES string of the molecule is NCCOCCOCCOCC1CCN(c2ccc(N3CCC(=O)NC3=O)cc2)CC1. The van der Waals surface area contributed by atoms with Crippen molar-refractivity contribution < 1.29 is 23.8 Å². The molecule has 9 heteroatoms. The molecule has 2 aliphatic rings. The quantitative estimate of drug-likeness (QED) is 0.479. The molecule has 0 spiro atoms. The normalized spacial score (nSPS) is 17.8. The van der Waals surface area contributed by atoms with Gasteiger partial charge in [-0.1, -0.05) is 0 Å². The molecule has 2 fully saturated rings. The number of hydrogen-bond acceptors (Lipinski definition) is 7. The molecule has 1 aromatic carbocycles. The molecule has 0 aliphatic carbocycles. The van der Waals surface area contributed by atoms with Crippen LogP contribution in [-0.4, -0.2) is 77.8 Å². The van der Waals surface area contributed by atoms with E-state index < -0.39 is 0 Å². The van der Waals surface area contributed by atoms with Gasteiger partial charge in [0.15, 0.2) is 0 Å². The molecule has 0 saturated carbocycles. The molecule has 2 heterocycles. The van der Waals surface area contributed by atoms with Gasteiger partial charge in [0.05, 0.1) is 33.0 Å². The van der Waals surface area contributed by atoms with Crippen LogP contribution in [0.3, 0.4) is 0 Å². The summed E-state index contributed by atoms with van der Waals surface area (Å²) in [6.07, 6.45) is 2.51. The number of nitrogens with one attached hydrogen (secondary N) is 1. The molecular weight excluding hydrogens is 400 g/mol. The first-order valence-electron chi connectivity index (χ1n) is 11.1. The van der Waals surface area contributed by atoms with Gasteiger partial charge in [0.1, 0.15) is 0 Å². The predicted octanol–water partition coefficient (Wildman–Crippen LogP) is 1.36. The molecule has 1 aromatic rings. The maximum Gasteiger partial charge on any atom is 0.328 e. The summed E-state index contributed by atoms with van der Waals surface area (Å²) in [6, 6.07) is 7.63. The molecule has 0 unspecified atom stereocenters. The van der Waals surface area contributed by atoms with Gasteiger partial charge in [0.2, 0.25) is 5.91 Å². The Morgan fingerprint density at radius 3 is 2.13 bits per heavy atom. The zero-order valence-corrected chi connectivity index (χ0v) is 18.1. The lowest BCUT2D eigenvalue weighted by atomic mass is 9.97. The molecule has 3 N–H and O–H groups in total. The number of carbonyl (C=O) groups excluding carboxylic acids is 2. The van der Waals surface area contributed by atoms with Gasteiger partial charge >= 0.3 is 6.03 Å². The number of ether oxygens (including phenoxy) is 3. The molecular formula is C22H34N4O5. The molecule has 172 valence electrons. The molecule has 0 bridgehead atoms. The van der Waals surface area contributed by atoms with Crippen LogP contribution in [0.5, 0.6) is 0 Å². The van der Waals surface area contributed by atoms with Crippen molar-refractivity contribution in [2.45, 2.75) is 19.3 Å². The zero-order valence-electron chi connectivity index (χ0n) is 18.1. The van der Waals surface area contributed by atoms with Crippen molar-refractivity contribution in [3.05, 3.63) is 24.3 Å². The minimum absolute atomic E-state index is 0.217. The molecule has 3 rings (SSSR count). The first-order valence-corrected chi connectivity index (χ1v) is 11.1. The van der Waals surface area contributed by atoms with Crippen LogP contribution < -0.4 is 20.9 Å². The number of anilines is 2. The van der Waals surface area contributed by atoms with Crippen LogP contribution in [-0.2, 0) is 19.0 Å². The topological polar surface area (TPSA) is 106 Å². The molecule has 9 nitrogen and oxygen atoms in total. The Morgan fingerprint density at radius 1 is 0.871 bits per heavy atom. The van der Waals surface area contributed by atoms with E-state index in [-0.39, 0.29) is 11.9 Å². The molecule has 0 radical (unpaired) electrons. The third kappa shape index (κ3) is 7.46. The van der Waals surface area contributed by atoms with E-state index in [9.17, 15) is 9.59 Å². The summed E-state index contributed by atoms with van der Waals surface area (Å²) < 4.78 is 16.5. The third-order valence-corrected chi connectivity index (χ3v) is 5.55. The number of rotatable bonds is 12. The highest BCUT2D eigenvalue weighted by molar-refractivity contribution is 6.05. The fraction of sp³-hybridized carbons (Fsp3) is 0.636. The van der Waals surface area contributed by atoms with E-state index in [1.807, 2.05) is 24.3 Å². The lowest BCUT2D eigenvalue weighted by Crippen LogP contribution is -2.49. The number of nitrogens with two attached hydrogens (primary N) is 1. The van der Waals surface area contributed by atoms with Gasteiger partial charge in [-0.2, -0.15) is 0 Å². The Labute approximate surface area is 183 Å². The maximum absolute atomic E-state index is 12.0. The van der Waals surface area contributed by atoms with E-state index >= 15 is 0 Å². The van der Waals surface area contributed by atoms with Gasteiger partial charge in [-0.25, -0.2) is 4.79 Å². The van der Waals surface area contributed by atoms with E-state index in [0.717, 1.165) is 43.9 Å². The minimum atomic E-state index is -0.352. The van der Waals surface area contributed by atoms with Gasteiger partial charge in [-0.05, 0) is 43.0 Å². The highest BCUT2D eigenvalue weighted by atomic mass is 16.5. The minimum Gasteiger partial charge on any atom is -0.379 e. The van der Waals surface area contributed by atoms with Crippen LogP contribution in [0.15, 0.2) is 24.3 Å². The summed E-state index contributed by atoms with van der Waals surface area (Å²) in [5.74, 6) is 0.350. The summed E-state index contributed by atoms with van der Waals surface area (Å²) in [5.41, 5.74) is 7.32. The first-order chi connectivity index (χ1) is 15.2. The Balaban J connectivity index is 1.31. The summed E-state index contributed by atoms with van der Waals surface area (Å²) in [7, 11) is 0. The summed E-state index contributed by atoms with van der Waals surface area (Å²) in [5, 5.41) is 2.36. The number of piperidine rings is 1. The van der Waals surface area contributed by atoms with Crippen LogP contribution in [0.1, 0.15) is 19.3 Å². The van der Waals surface area contributed by atoms with Crippen molar-refractivity contribution in [1.82, 2.24) is 5.32 Å². The number of nitrogens with zero attached hydrogens (tertiary/aromatic N) is 2. The van der Waals surface area contributed by atoms with Crippen molar-refractivity contribution in [2.24, 2.45) is 11.7 Å². The number of carbonyl (C=O) groups is 2. The van der Waals surface area contributed by atoms with E-state index in [1.165, 1.54) is 0 Å². The first kappa shape index (κ1) is 23.5. The highest BCUT2D eigenvalue weighted by Gasteiger charge is 2.24. The largest absolute Gasteiger partial charge is 0.379 e. The standard InChI is InChI=1S/C22H34N4O5/c23-8-12-29-13-14-30-15-16-31-17-18-5-9-25(10-6-18)19-1-3-20(4-2-19)26-11-7-21(27)24-22(26)28/h1-4,18H,5-17,23H2,(H,24,27,28). The van der Waals surface area contributed by atoms with E-state index in [0.29, 0.717) is 58.5 Å². The Kier molecular flexibility index (Phi) is 9.54.